The topological polar surface area (TPSA) is 73.6 Å². The molecule has 3 N–H and O–H groups in total. The first-order chi connectivity index (χ1) is 8.63. The Morgan fingerprint density at radius 3 is 2.89 bits per heavy atom. The number of amides is 1. The van der Waals surface area contributed by atoms with E-state index in [0.29, 0.717) is 19.8 Å². The summed E-state index contributed by atoms with van der Waals surface area (Å²) < 4.78 is 10.3. The Labute approximate surface area is 107 Å². The predicted molar refractivity (Wildman–Crippen MR) is 70.3 cm³/mol. The molecule has 0 aromatic heterocycles. The van der Waals surface area contributed by atoms with Crippen molar-refractivity contribution < 1.29 is 14.3 Å². The van der Waals surface area contributed by atoms with E-state index in [4.69, 9.17) is 15.2 Å². The predicted octanol–water partition coefficient (Wildman–Crippen LogP) is 1.14. The van der Waals surface area contributed by atoms with Crippen molar-refractivity contribution >= 4 is 11.6 Å². The number of rotatable bonds is 7. The number of ether oxygens (including phenoxy) is 2. The van der Waals surface area contributed by atoms with Crippen molar-refractivity contribution in [2.75, 3.05) is 25.6 Å². The number of carbonyl (C=O) groups is 1. The Balaban J connectivity index is 2.49. The molecule has 0 heterocycles. The van der Waals surface area contributed by atoms with Gasteiger partial charge in [-0.1, -0.05) is 12.1 Å². The number of nitrogens with one attached hydrogen (secondary N) is 1. The Morgan fingerprint density at radius 2 is 2.22 bits per heavy atom. The summed E-state index contributed by atoms with van der Waals surface area (Å²) in [6, 6.07) is 6.97. The Morgan fingerprint density at radius 1 is 1.44 bits per heavy atom. The lowest BCUT2D eigenvalue weighted by molar-refractivity contribution is -0.117. The van der Waals surface area contributed by atoms with E-state index < -0.39 is 6.04 Å². The average molecular weight is 252 g/mol. The number of hydrogen-bond acceptors (Lipinski definition) is 4. The van der Waals surface area contributed by atoms with Crippen molar-refractivity contribution in [1.82, 2.24) is 0 Å². The van der Waals surface area contributed by atoms with E-state index in [-0.39, 0.29) is 5.91 Å². The number of carbonyl (C=O) groups excluding carboxylic acids is 1. The van der Waals surface area contributed by atoms with E-state index in [1.807, 2.05) is 24.3 Å². The number of hydrogen-bond donors (Lipinski definition) is 2. The zero-order valence-corrected chi connectivity index (χ0v) is 10.8. The maximum atomic E-state index is 11.4. The molecular weight excluding hydrogens is 232 g/mol. The van der Waals surface area contributed by atoms with Crippen LogP contribution in [0.1, 0.15) is 12.5 Å². The molecule has 0 aliphatic carbocycles. The third kappa shape index (κ3) is 5.27. The van der Waals surface area contributed by atoms with E-state index >= 15 is 0 Å². The third-order valence-corrected chi connectivity index (χ3v) is 2.31. The number of anilines is 1. The molecule has 0 fully saturated rings. The molecule has 0 aliphatic heterocycles. The van der Waals surface area contributed by atoms with Crippen molar-refractivity contribution in [2.45, 2.75) is 19.6 Å². The zero-order valence-electron chi connectivity index (χ0n) is 10.8. The summed E-state index contributed by atoms with van der Waals surface area (Å²) in [7, 11) is 1.63. The molecule has 0 radical (unpaired) electrons. The molecule has 0 spiro atoms. The summed E-state index contributed by atoms with van der Waals surface area (Å²) in [6.45, 7) is 3.26. The lowest BCUT2D eigenvalue weighted by Crippen LogP contribution is -2.32. The highest BCUT2D eigenvalue weighted by Crippen LogP contribution is 2.11. The smallest absolute Gasteiger partial charge is 0.240 e. The second kappa shape index (κ2) is 7.81. The fraction of sp³-hybridized carbons (Fsp3) is 0.462. The Kier molecular flexibility index (Phi) is 6.35. The van der Waals surface area contributed by atoms with Gasteiger partial charge >= 0.3 is 0 Å². The number of nitrogens with two attached hydrogens (primary N) is 1. The van der Waals surface area contributed by atoms with Gasteiger partial charge in [0, 0.05) is 12.8 Å². The summed E-state index contributed by atoms with van der Waals surface area (Å²) >= 11 is 0. The van der Waals surface area contributed by atoms with Gasteiger partial charge in [0.05, 0.1) is 25.9 Å². The summed E-state index contributed by atoms with van der Waals surface area (Å²) in [5.74, 6) is -0.201. The fourth-order valence-corrected chi connectivity index (χ4v) is 1.33. The number of methoxy groups -OCH3 is 1. The zero-order chi connectivity index (χ0) is 13.4. The van der Waals surface area contributed by atoms with Gasteiger partial charge in [-0.25, -0.2) is 0 Å². The maximum Gasteiger partial charge on any atom is 0.240 e. The molecule has 1 atom stereocenters. The molecule has 0 saturated carbocycles. The minimum atomic E-state index is -0.522. The van der Waals surface area contributed by atoms with Gasteiger partial charge in [-0.2, -0.15) is 0 Å². The SMILES string of the molecule is COCCOCc1cccc(NC(=O)[C@H](C)N)c1. The van der Waals surface area contributed by atoms with E-state index in [9.17, 15) is 4.79 Å². The highest BCUT2D eigenvalue weighted by Gasteiger charge is 2.07. The largest absolute Gasteiger partial charge is 0.382 e. The third-order valence-electron chi connectivity index (χ3n) is 2.31. The highest BCUT2D eigenvalue weighted by molar-refractivity contribution is 5.94. The molecule has 1 amide bonds. The number of benzene rings is 1. The first kappa shape index (κ1) is 14.6. The van der Waals surface area contributed by atoms with Gasteiger partial charge in [-0.05, 0) is 24.6 Å². The minimum Gasteiger partial charge on any atom is -0.382 e. The molecule has 5 nitrogen and oxygen atoms in total. The van der Waals surface area contributed by atoms with Crippen molar-refractivity contribution in [2.24, 2.45) is 5.73 Å². The molecule has 0 bridgehead atoms. The Bertz CT molecular complexity index is 380. The van der Waals surface area contributed by atoms with Crippen LogP contribution in [0.15, 0.2) is 24.3 Å². The van der Waals surface area contributed by atoms with Crippen molar-refractivity contribution in [3.63, 3.8) is 0 Å². The quantitative estimate of drug-likeness (QED) is 0.714. The molecule has 1 aromatic rings. The molecule has 1 rings (SSSR count). The van der Waals surface area contributed by atoms with Crippen LogP contribution in [0.5, 0.6) is 0 Å². The van der Waals surface area contributed by atoms with Gasteiger partial charge in [-0.3, -0.25) is 4.79 Å². The van der Waals surface area contributed by atoms with Gasteiger partial charge in [0.25, 0.3) is 0 Å². The molecular formula is C13H20N2O3. The van der Waals surface area contributed by atoms with Crippen molar-refractivity contribution in [3.8, 4) is 0 Å². The summed E-state index contributed by atoms with van der Waals surface area (Å²) in [6.07, 6.45) is 0. The van der Waals surface area contributed by atoms with Crippen LogP contribution < -0.4 is 11.1 Å². The second-order valence-corrected chi connectivity index (χ2v) is 4.02. The average Bonchev–Trinajstić information content (AvgIpc) is 2.35. The lowest BCUT2D eigenvalue weighted by atomic mass is 10.2. The first-order valence-electron chi connectivity index (χ1n) is 5.85. The van der Waals surface area contributed by atoms with Crippen LogP contribution in [0.2, 0.25) is 0 Å². The van der Waals surface area contributed by atoms with E-state index in [2.05, 4.69) is 5.32 Å². The van der Waals surface area contributed by atoms with Crippen LogP contribution in [0.25, 0.3) is 0 Å². The summed E-state index contributed by atoms with van der Waals surface area (Å²) in [5, 5.41) is 2.74. The maximum absolute atomic E-state index is 11.4. The molecule has 0 saturated heterocycles. The van der Waals surface area contributed by atoms with E-state index in [1.54, 1.807) is 14.0 Å². The van der Waals surface area contributed by atoms with Gasteiger partial charge in [0.15, 0.2) is 0 Å². The lowest BCUT2D eigenvalue weighted by Gasteiger charge is -2.09. The molecule has 0 unspecified atom stereocenters. The molecule has 100 valence electrons. The van der Waals surface area contributed by atoms with Crippen LogP contribution in [-0.4, -0.2) is 32.3 Å². The summed E-state index contributed by atoms with van der Waals surface area (Å²) in [4.78, 5) is 11.4. The molecule has 5 heteroatoms. The van der Waals surface area contributed by atoms with Gasteiger partial charge in [-0.15, -0.1) is 0 Å². The van der Waals surface area contributed by atoms with Crippen molar-refractivity contribution in [3.05, 3.63) is 29.8 Å². The highest BCUT2D eigenvalue weighted by atomic mass is 16.5. The molecule has 1 aromatic carbocycles. The fourth-order valence-electron chi connectivity index (χ4n) is 1.33. The van der Waals surface area contributed by atoms with Crippen LogP contribution >= 0.6 is 0 Å². The second-order valence-electron chi connectivity index (χ2n) is 4.02. The van der Waals surface area contributed by atoms with Crippen LogP contribution in [0, 0.1) is 0 Å². The molecule has 18 heavy (non-hydrogen) atoms. The minimum absolute atomic E-state index is 0.201. The van der Waals surface area contributed by atoms with Crippen LogP contribution in [0.4, 0.5) is 5.69 Å². The van der Waals surface area contributed by atoms with E-state index in [1.165, 1.54) is 0 Å². The van der Waals surface area contributed by atoms with Crippen LogP contribution in [-0.2, 0) is 20.9 Å². The van der Waals surface area contributed by atoms with Crippen molar-refractivity contribution in [1.29, 1.82) is 0 Å². The Hall–Kier alpha value is -1.43. The molecule has 0 aliphatic rings. The first-order valence-corrected chi connectivity index (χ1v) is 5.85. The van der Waals surface area contributed by atoms with Gasteiger partial charge in [0.2, 0.25) is 5.91 Å². The van der Waals surface area contributed by atoms with Crippen LogP contribution in [0.3, 0.4) is 0 Å². The van der Waals surface area contributed by atoms with Gasteiger partial charge in [0.1, 0.15) is 0 Å². The standard InChI is InChI=1S/C13H20N2O3/c1-10(14)13(16)15-12-5-3-4-11(8-12)9-18-7-6-17-2/h3-5,8,10H,6-7,9,14H2,1-2H3,(H,15,16)/t10-/m0/s1. The summed E-state index contributed by atoms with van der Waals surface area (Å²) in [5.41, 5.74) is 7.21. The van der Waals surface area contributed by atoms with E-state index in [0.717, 1.165) is 11.3 Å². The van der Waals surface area contributed by atoms with Gasteiger partial charge < -0.3 is 20.5 Å². The monoisotopic (exact) mass is 252 g/mol. The normalized spacial score (nSPS) is 12.2.